The summed E-state index contributed by atoms with van der Waals surface area (Å²) in [6.07, 6.45) is 0. The maximum atomic E-state index is 13.0. The van der Waals surface area contributed by atoms with E-state index in [2.05, 4.69) is 4.72 Å². The number of fused-ring (bicyclic) bond motifs is 2. The van der Waals surface area contributed by atoms with E-state index in [0.717, 1.165) is 10.8 Å². The van der Waals surface area contributed by atoms with Crippen LogP contribution in [0.4, 0.5) is 5.69 Å². The summed E-state index contributed by atoms with van der Waals surface area (Å²) in [7, 11) is -3.87. The van der Waals surface area contributed by atoms with Crippen LogP contribution in [-0.4, -0.2) is 25.2 Å². The Balaban J connectivity index is 1.58. The van der Waals surface area contributed by atoms with Gasteiger partial charge in [0.1, 0.15) is 17.2 Å². The van der Waals surface area contributed by atoms with Crippen LogP contribution in [0.2, 0.25) is 0 Å². The van der Waals surface area contributed by atoms with Crippen molar-refractivity contribution in [3.05, 3.63) is 91.0 Å². The van der Waals surface area contributed by atoms with E-state index in [1.165, 1.54) is 24.3 Å². The predicted molar refractivity (Wildman–Crippen MR) is 139 cm³/mol. The van der Waals surface area contributed by atoms with Crippen molar-refractivity contribution in [1.29, 1.82) is 0 Å². The molecule has 6 nitrogen and oxygen atoms in total. The van der Waals surface area contributed by atoms with Crippen molar-refractivity contribution in [3.63, 3.8) is 0 Å². The number of phenolic OH excluding ortho intramolecular Hbond substituents is 2. The van der Waals surface area contributed by atoms with Crippen molar-refractivity contribution >= 4 is 37.3 Å². The summed E-state index contributed by atoms with van der Waals surface area (Å²) in [5.74, 6) is 0.714. The van der Waals surface area contributed by atoms with Gasteiger partial charge in [-0.2, -0.15) is 0 Å². The van der Waals surface area contributed by atoms with E-state index in [1.807, 2.05) is 37.3 Å². The minimum Gasteiger partial charge on any atom is -0.507 e. The quantitative estimate of drug-likeness (QED) is 0.246. The second-order valence-electron chi connectivity index (χ2n) is 8.08. The van der Waals surface area contributed by atoms with Gasteiger partial charge in [-0.1, -0.05) is 42.5 Å². The second kappa shape index (κ2) is 8.85. The molecule has 0 aliphatic carbocycles. The van der Waals surface area contributed by atoms with Crippen molar-refractivity contribution in [1.82, 2.24) is 0 Å². The normalized spacial score (nSPS) is 11.6. The lowest BCUT2D eigenvalue weighted by Crippen LogP contribution is -2.13. The average molecular weight is 486 g/mol. The van der Waals surface area contributed by atoms with Crippen LogP contribution in [0.3, 0.4) is 0 Å². The molecule has 0 amide bonds. The summed E-state index contributed by atoms with van der Waals surface area (Å²) >= 11 is 0. The molecule has 0 bridgehead atoms. The third kappa shape index (κ3) is 4.22. The van der Waals surface area contributed by atoms with Crippen molar-refractivity contribution in [2.45, 2.75) is 11.8 Å². The zero-order valence-corrected chi connectivity index (χ0v) is 19.7. The molecule has 176 valence electrons. The summed E-state index contributed by atoms with van der Waals surface area (Å²) in [5.41, 5.74) is 1.68. The first kappa shape index (κ1) is 22.6. The molecule has 0 radical (unpaired) electrons. The summed E-state index contributed by atoms with van der Waals surface area (Å²) < 4.78 is 34.1. The Hall–Kier alpha value is -4.23. The smallest absolute Gasteiger partial charge is 0.261 e. The van der Waals surface area contributed by atoms with E-state index in [1.54, 1.807) is 36.4 Å². The van der Waals surface area contributed by atoms with E-state index >= 15 is 0 Å². The Morgan fingerprint density at radius 2 is 1.51 bits per heavy atom. The van der Waals surface area contributed by atoms with Crippen LogP contribution in [0.25, 0.3) is 32.7 Å². The number of benzene rings is 5. The second-order valence-corrected chi connectivity index (χ2v) is 9.77. The van der Waals surface area contributed by atoms with Gasteiger partial charge in [0.15, 0.2) is 0 Å². The van der Waals surface area contributed by atoms with Crippen LogP contribution < -0.4 is 9.46 Å². The third-order valence-electron chi connectivity index (χ3n) is 5.88. The molecular formula is C28H23NO5S. The van der Waals surface area contributed by atoms with Gasteiger partial charge < -0.3 is 14.9 Å². The lowest BCUT2D eigenvalue weighted by Gasteiger charge is -2.14. The molecule has 3 N–H and O–H groups in total. The number of aromatic hydroxyl groups is 2. The average Bonchev–Trinajstić information content (AvgIpc) is 2.86. The predicted octanol–water partition coefficient (Wildman–Crippen LogP) is 6.27. The lowest BCUT2D eigenvalue weighted by atomic mass is 9.95. The SMILES string of the molecule is CCOc1ccc(S(=O)(=O)Nc2ccc(O)c3cc(-c4c(O)ccc5ccccc45)ccc23)cc1. The number of hydrogen-bond donors (Lipinski definition) is 3. The van der Waals surface area contributed by atoms with Crippen LogP contribution in [0.5, 0.6) is 17.2 Å². The van der Waals surface area contributed by atoms with Crippen molar-refractivity contribution in [2.24, 2.45) is 0 Å². The molecule has 0 aliphatic rings. The topological polar surface area (TPSA) is 95.9 Å². The molecule has 0 atom stereocenters. The zero-order valence-electron chi connectivity index (χ0n) is 18.9. The summed E-state index contributed by atoms with van der Waals surface area (Å²) in [6, 6.07) is 25.7. The Morgan fingerprint density at radius 1 is 0.771 bits per heavy atom. The van der Waals surface area contributed by atoms with Crippen LogP contribution in [-0.2, 0) is 10.0 Å². The highest BCUT2D eigenvalue weighted by Gasteiger charge is 2.18. The van der Waals surface area contributed by atoms with Gasteiger partial charge in [0.2, 0.25) is 0 Å². The van der Waals surface area contributed by atoms with Crippen LogP contribution in [0.1, 0.15) is 6.92 Å². The molecule has 7 heteroatoms. The van der Waals surface area contributed by atoms with E-state index in [4.69, 9.17) is 4.74 Å². The third-order valence-corrected chi connectivity index (χ3v) is 7.26. The lowest BCUT2D eigenvalue weighted by molar-refractivity contribution is 0.340. The molecule has 0 fully saturated rings. The highest BCUT2D eigenvalue weighted by molar-refractivity contribution is 7.92. The standard InChI is InChI=1S/C28H23NO5S/c1-2-34-20-9-11-21(12-10-20)35(32,33)29-25-14-16-26(30)24-17-19(7-13-23(24)25)28-22-6-4-3-5-18(22)8-15-27(28)31/h3-17,29-31H,2H2,1H3. The Bertz CT molecular complexity index is 1660. The maximum absolute atomic E-state index is 13.0. The number of anilines is 1. The van der Waals surface area contributed by atoms with Gasteiger partial charge in [-0.3, -0.25) is 4.72 Å². The summed E-state index contributed by atoms with van der Waals surface area (Å²) in [6.45, 7) is 2.34. The molecule has 0 unspecified atom stereocenters. The fourth-order valence-corrected chi connectivity index (χ4v) is 5.31. The van der Waals surface area contributed by atoms with E-state index in [-0.39, 0.29) is 16.4 Å². The highest BCUT2D eigenvalue weighted by Crippen LogP contribution is 2.40. The van der Waals surface area contributed by atoms with Gasteiger partial charge in [-0.05, 0) is 71.8 Å². The molecular weight excluding hydrogens is 462 g/mol. The van der Waals surface area contributed by atoms with Gasteiger partial charge in [0.25, 0.3) is 10.0 Å². The Morgan fingerprint density at radius 3 is 2.29 bits per heavy atom. The fourth-order valence-electron chi connectivity index (χ4n) is 4.23. The molecule has 0 saturated heterocycles. The maximum Gasteiger partial charge on any atom is 0.261 e. The molecule has 5 aromatic rings. The van der Waals surface area contributed by atoms with E-state index in [9.17, 15) is 18.6 Å². The molecule has 0 spiro atoms. The number of phenols is 2. The fraction of sp³-hybridized carbons (Fsp3) is 0.0714. The first-order valence-corrected chi connectivity index (χ1v) is 12.6. The zero-order chi connectivity index (χ0) is 24.6. The molecule has 35 heavy (non-hydrogen) atoms. The van der Waals surface area contributed by atoms with Crippen LogP contribution >= 0.6 is 0 Å². The van der Waals surface area contributed by atoms with Crippen LogP contribution in [0.15, 0.2) is 95.9 Å². The molecule has 0 heterocycles. The van der Waals surface area contributed by atoms with Gasteiger partial charge in [-0.25, -0.2) is 8.42 Å². The van der Waals surface area contributed by atoms with Gasteiger partial charge in [0.05, 0.1) is 17.2 Å². The Labute approximate surface area is 203 Å². The number of sulfonamides is 1. The largest absolute Gasteiger partial charge is 0.507 e. The first-order valence-electron chi connectivity index (χ1n) is 11.1. The van der Waals surface area contributed by atoms with Gasteiger partial charge in [0, 0.05) is 16.3 Å². The molecule has 0 aliphatic heterocycles. The molecule has 5 aromatic carbocycles. The minimum atomic E-state index is -3.87. The highest BCUT2D eigenvalue weighted by atomic mass is 32.2. The molecule has 0 aromatic heterocycles. The number of hydrogen-bond acceptors (Lipinski definition) is 5. The number of nitrogens with one attached hydrogen (secondary N) is 1. The summed E-state index contributed by atoms with van der Waals surface area (Å²) in [5, 5.41) is 24.1. The van der Waals surface area contributed by atoms with E-state index < -0.39 is 10.0 Å². The van der Waals surface area contributed by atoms with Gasteiger partial charge >= 0.3 is 0 Å². The number of ether oxygens (including phenoxy) is 1. The first-order chi connectivity index (χ1) is 16.9. The van der Waals surface area contributed by atoms with Gasteiger partial charge in [-0.15, -0.1) is 0 Å². The number of rotatable bonds is 6. The van der Waals surface area contributed by atoms with Crippen LogP contribution in [0, 0.1) is 0 Å². The van der Waals surface area contributed by atoms with Crippen molar-refractivity contribution in [3.8, 4) is 28.4 Å². The van der Waals surface area contributed by atoms with Crippen molar-refractivity contribution < 1.29 is 23.4 Å². The summed E-state index contributed by atoms with van der Waals surface area (Å²) in [4.78, 5) is 0.0967. The molecule has 5 rings (SSSR count). The minimum absolute atomic E-state index is 0.00518. The van der Waals surface area contributed by atoms with E-state index in [0.29, 0.717) is 39.9 Å². The molecule has 0 saturated carbocycles. The Kier molecular flexibility index (Phi) is 5.70. The van der Waals surface area contributed by atoms with Crippen molar-refractivity contribution in [2.75, 3.05) is 11.3 Å². The monoisotopic (exact) mass is 485 g/mol.